The Morgan fingerprint density at radius 3 is 2.32 bits per heavy atom. The smallest absolute Gasteiger partial charge is 0.145 e. The SMILES string of the molecule is c1ccc2c(c1)Cc1c-2ccc2c1Cc1c-2ccc2c3ccccc3n3ccnc3c12. The Balaban J connectivity index is 1.46. The van der Waals surface area contributed by atoms with Crippen LogP contribution in [0, 0.1) is 0 Å². The fraction of sp³-hybridized carbons (Fsp3) is 0.0690. The van der Waals surface area contributed by atoms with Crippen LogP contribution in [0.1, 0.15) is 22.3 Å². The first-order valence-corrected chi connectivity index (χ1v) is 10.9. The second kappa shape index (κ2) is 5.41. The summed E-state index contributed by atoms with van der Waals surface area (Å²) in [5.74, 6) is 0. The molecule has 0 bridgehead atoms. The minimum Gasteiger partial charge on any atom is -0.299 e. The Labute approximate surface area is 179 Å². The number of benzene rings is 4. The zero-order valence-corrected chi connectivity index (χ0v) is 16.9. The summed E-state index contributed by atoms with van der Waals surface area (Å²) in [5.41, 5.74) is 13.8. The first-order valence-electron chi connectivity index (χ1n) is 10.9. The number of aromatic nitrogens is 2. The molecular weight excluding hydrogens is 376 g/mol. The maximum atomic E-state index is 4.81. The Hall–Kier alpha value is -3.91. The van der Waals surface area contributed by atoms with Gasteiger partial charge in [0.1, 0.15) is 5.65 Å². The highest BCUT2D eigenvalue weighted by atomic mass is 15.0. The van der Waals surface area contributed by atoms with E-state index in [1.807, 2.05) is 6.20 Å². The molecule has 0 N–H and O–H groups in total. The summed E-state index contributed by atoms with van der Waals surface area (Å²) in [4.78, 5) is 4.81. The van der Waals surface area contributed by atoms with Gasteiger partial charge in [-0.1, -0.05) is 66.7 Å². The fourth-order valence-corrected chi connectivity index (χ4v) is 6.06. The molecule has 2 heterocycles. The van der Waals surface area contributed by atoms with Gasteiger partial charge in [-0.05, 0) is 68.8 Å². The molecule has 2 heteroatoms. The molecular formula is C29H18N2. The minimum absolute atomic E-state index is 0.986. The van der Waals surface area contributed by atoms with Crippen LogP contribution >= 0.6 is 0 Å². The number of imidazole rings is 1. The third-order valence-corrected chi connectivity index (χ3v) is 7.38. The van der Waals surface area contributed by atoms with Crippen LogP contribution in [0.3, 0.4) is 0 Å². The van der Waals surface area contributed by atoms with E-state index in [1.54, 1.807) is 0 Å². The summed E-state index contributed by atoms with van der Waals surface area (Å²) < 4.78 is 2.25. The van der Waals surface area contributed by atoms with Gasteiger partial charge in [0.15, 0.2) is 0 Å². The van der Waals surface area contributed by atoms with Crippen molar-refractivity contribution in [3.05, 3.63) is 107 Å². The molecule has 2 nitrogen and oxygen atoms in total. The van der Waals surface area contributed by atoms with Gasteiger partial charge in [-0.3, -0.25) is 4.40 Å². The molecule has 4 aromatic carbocycles. The van der Waals surface area contributed by atoms with Crippen LogP contribution in [0.4, 0.5) is 0 Å². The van der Waals surface area contributed by atoms with Crippen LogP contribution in [0.25, 0.3) is 49.6 Å². The Morgan fingerprint density at radius 1 is 0.613 bits per heavy atom. The molecule has 2 aliphatic carbocycles. The summed E-state index contributed by atoms with van der Waals surface area (Å²) in [5, 5.41) is 3.90. The van der Waals surface area contributed by atoms with Crippen LogP contribution in [0.2, 0.25) is 0 Å². The van der Waals surface area contributed by atoms with Gasteiger partial charge in [0.25, 0.3) is 0 Å². The van der Waals surface area contributed by atoms with Crippen molar-refractivity contribution in [1.29, 1.82) is 0 Å². The second-order valence-electron chi connectivity index (χ2n) is 8.78. The van der Waals surface area contributed by atoms with E-state index in [0.717, 1.165) is 18.5 Å². The average Bonchev–Trinajstić information content (AvgIpc) is 3.53. The minimum atomic E-state index is 0.986. The number of hydrogen-bond donors (Lipinski definition) is 0. The topological polar surface area (TPSA) is 17.3 Å². The van der Waals surface area contributed by atoms with Crippen molar-refractivity contribution in [1.82, 2.24) is 9.38 Å². The third kappa shape index (κ3) is 1.87. The van der Waals surface area contributed by atoms with Gasteiger partial charge in [0.2, 0.25) is 0 Å². The van der Waals surface area contributed by atoms with Gasteiger partial charge in [-0.2, -0.15) is 0 Å². The molecule has 0 unspecified atom stereocenters. The Kier molecular flexibility index (Phi) is 2.77. The van der Waals surface area contributed by atoms with Crippen molar-refractivity contribution in [2.24, 2.45) is 0 Å². The highest BCUT2D eigenvalue weighted by molar-refractivity contribution is 6.15. The number of nitrogens with zero attached hydrogens (tertiary/aromatic N) is 2. The van der Waals surface area contributed by atoms with Crippen LogP contribution < -0.4 is 0 Å². The van der Waals surface area contributed by atoms with Gasteiger partial charge in [-0.25, -0.2) is 4.98 Å². The molecule has 6 aromatic rings. The molecule has 0 spiro atoms. The lowest BCUT2D eigenvalue weighted by atomic mass is 9.96. The van der Waals surface area contributed by atoms with Gasteiger partial charge < -0.3 is 0 Å². The van der Waals surface area contributed by atoms with E-state index >= 15 is 0 Å². The van der Waals surface area contributed by atoms with Gasteiger partial charge in [0, 0.05) is 23.2 Å². The number of hydrogen-bond acceptors (Lipinski definition) is 1. The molecule has 0 aliphatic heterocycles. The van der Waals surface area contributed by atoms with Crippen LogP contribution in [-0.2, 0) is 12.8 Å². The van der Waals surface area contributed by atoms with Crippen LogP contribution in [0.5, 0.6) is 0 Å². The zero-order chi connectivity index (χ0) is 20.1. The lowest BCUT2D eigenvalue weighted by Gasteiger charge is -2.12. The van der Waals surface area contributed by atoms with E-state index < -0.39 is 0 Å². The fourth-order valence-electron chi connectivity index (χ4n) is 6.06. The van der Waals surface area contributed by atoms with Crippen LogP contribution in [0.15, 0.2) is 85.2 Å². The number of fused-ring (bicyclic) bond motifs is 14. The zero-order valence-electron chi connectivity index (χ0n) is 16.9. The van der Waals surface area contributed by atoms with Gasteiger partial charge in [-0.15, -0.1) is 0 Å². The van der Waals surface area contributed by atoms with E-state index in [2.05, 4.69) is 83.4 Å². The van der Waals surface area contributed by atoms with Crippen molar-refractivity contribution in [3.8, 4) is 22.3 Å². The molecule has 144 valence electrons. The van der Waals surface area contributed by atoms with Crippen molar-refractivity contribution >= 4 is 27.3 Å². The van der Waals surface area contributed by atoms with Gasteiger partial charge in [0.05, 0.1) is 5.52 Å². The van der Waals surface area contributed by atoms with Crippen molar-refractivity contribution < 1.29 is 0 Å². The van der Waals surface area contributed by atoms with E-state index in [-0.39, 0.29) is 0 Å². The number of para-hydroxylation sites is 1. The molecule has 31 heavy (non-hydrogen) atoms. The standard InChI is InChI=1S/C29H18N2/c1-2-6-18-17(5-1)15-24-19(18)9-10-20-21-11-12-23-22-7-3-4-8-27(22)31-14-13-30-29(31)28(23)26(21)16-25(20)24/h1-14H,15-16H2. The predicted molar refractivity (Wildman–Crippen MR) is 127 cm³/mol. The summed E-state index contributed by atoms with van der Waals surface area (Å²) >= 11 is 0. The molecule has 2 aromatic heterocycles. The van der Waals surface area contributed by atoms with Crippen molar-refractivity contribution in [2.45, 2.75) is 12.8 Å². The monoisotopic (exact) mass is 394 g/mol. The summed E-state index contributed by atoms with van der Waals surface area (Å²) in [6.07, 6.45) is 6.05. The van der Waals surface area contributed by atoms with E-state index in [4.69, 9.17) is 4.98 Å². The molecule has 0 saturated carbocycles. The number of rotatable bonds is 0. The largest absolute Gasteiger partial charge is 0.299 e. The number of pyridine rings is 1. The molecule has 0 amide bonds. The first-order chi connectivity index (χ1) is 15.4. The molecule has 0 fully saturated rings. The van der Waals surface area contributed by atoms with E-state index in [1.165, 1.54) is 66.2 Å². The van der Waals surface area contributed by atoms with Crippen molar-refractivity contribution in [2.75, 3.05) is 0 Å². The lowest BCUT2D eigenvalue weighted by molar-refractivity contribution is 1.17. The Bertz CT molecular complexity index is 1740. The van der Waals surface area contributed by atoms with E-state index in [0.29, 0.717) is 0 Å². The summed E-state index contributed by atoms with van der Waals surface area (Å²) in [6, 6.07) is 26.9. The molecule has 0 atom stereocenters. The van der Waals surface area contributed by atoms with Crippen LogP contribution in [-0.4, -0.2) is 9.38 Å². The second-order valence-corrected chi connectivity index (χ2v) is 8.78. The van der Waals surface area contributed by atoms with Gasteiger partial charge >= 0.3 is 0 Å². The highest BCUT2D eigenvalue weighted by Crippen LogP contribution is 2.48. The molecule has 8 rings (SSSR count). The average molecular weight is 394 g/mol. The maximum absolute atomic E-state index is 4.81. The normalized spacial score (nSPS) is 13.5. The molecule has 0 saturated heterocycles. The highest BCUT2D eigenvalue weighted by Gasteiger charge is 2.29. The summed E-state index contributed by atoms with van der Waals surface area (Å²) in [6.45, 7) is 0. The molecule has 2 aliphatic rings. The first kappa shape index (κ1) is 15.9. The van der Waals surface area contributed by atoms with Crippen molar-refractivity contribution in [3.63, 3.8) is 0 Å². The lowest BCUT2D eigenvalue weighted by Crippen LogP contribution is -1.94. The Morgan fingerprint density at radius 2 is 1.35 bits per heavy atom. The molecule has 0 radical (unpaired) electrons. The maximum Gasteiger partial charge on any atom is 0.145 e. The predicted octanol–water partition coefficient (Wildman–Crippen LogP) is 6.78. The quantitative estimate of drug-likeness (QED) is 0.259. The van der Waals surface area contributed by atoms with E-state index in [9.17, 15) is 0 Å². The summed E-state index contributed by atoms with van der Waals surface area (Å²) in [7, 11) is 0. The third-order valence-electron chi connectivity index (χ3n) is 7.38.